The predicted molar refractivity (Wildman–Crippen MR) is 117 cm³/mol. The van der Waals surface area contributed by atoms with E-state index in [0.29, 0.717) is 11.4 Å². The van der Waals surface area contributed by atoms with Gasteiger partial charge in [-0.25, -0.2) is 14.1 Å². The number of nitro groups is 1. The zero-order valence-electron chi connectivity index (χ0n) is 17.2. The molecule has 1 heterocycles. The lowest BCUT2D eigenvalue weighted by molar-refractivity contribution is -0.384. The number of carbonyl (C=O) groups is 1. The second-order valence-electron chi connectivity index (χ2n) is 7.16. The predicted octanol–water partition coefficient (Wildman–Crippen LogP) is 4.85. The van der Waals surface area contributed by atoms with Crippen LogP contribution < -0.4 is 5.32 Å². The van der Waals surface area contributed by atoms with Gasteiger partial charge in [0.2, 0.25) is 5.82 Å². The van der Waals surface area contributed by atoms with Gasteiger partial charge in [0.05, 0.1) is 10.6 Å². The van der Waals surface area contributed by atoms with Crippen LogP contribution >= 0.6 is 0 Å². The van der Waals surface area contributed by atoms with Gasteiger partial charge in [-0.15, -0.1) is 5.10 Å². The summed E-state index contributed by atoms with van der Waals surface area (Å²) in [6, 6.07) is 17.0. The lowest BCUT2D eigenvalue weighted by Gasteiger charge is -2.11. The van der Waals surface area contributed by atoms with Gasteiger partial charge in [0.25, 0.3) is 11.6 Å². The van der Waals surface area contributed by atoms with Gasteiger partial charge < -0.3 is 5.32 Å². The minimum atomic E-state index is -0.627. The van der Waals surface area contributed by atoms with Crippen molar-refractivity contribution < 1.29 is 14.1 Å². The minimum Gasteiger partial charge on any atom is -0.319 e. The molecule has 9 heteroatoms. The number of carbonyl (C=O) groups excluding carboxylic acids is 1. The van der Waals surface area contributed by atoms with E-state index in [9.17, 15) is 19.3 Å². The van der Waals surface area contributed by atoms with E-state index in [1.807, 2.05) is 32.0 Å². The van der Waals surface area contributed by atoms with E-state index in [-0.39, 0.29) is 17.2 Å². The maximum absolute atomic E-state index is 13.5. The summed E-state index contributed by atoms with van der Waals surface area (Å²) in [5, 5.41) is 18.0. The molecule has 0 atom stereocenters. The van der Waals surface area contributed by atoms with E-state index in [4.69, 9.17) is 0 Å². The van der Waals surface area contributed by atoms with Crippen molar-refractivity contribution in [2.75, 3.05) is 5.32 Å². The quantitative estimate of drug-likeness (QED) is 0.359. The second-order valence-corrected chi connectivity index (χ2v) is 7.16. The SMILES string of the molecule is Cc1cccc(-n2nc(C(=O)Nc3cccc([N+](=O)[O-])c3)nc2-c2ccc(F)cc2)c1C. The molecule has 160 valence electrons. The number of rotatable bonds is 5. The average Bonchev–Trinajstić information content (AvgIpc) is 3.22. The van der Waals surface area contributed by atoms with Crippen molar-refractivity contribution in [1.82, 2.24) is 14.8 Å². The number of aryl methyl sites for hydroxylation is 1. The van der Waals surface area contributed by atoms with E-state index in [1.54, 1.807) is 12.1 Å². The fourth-order valence-electron chi connectivity index (χ4n) is 3.21. The van der Waals surface area contributed by atoms with Gasteiger partial charge in [-0.1, -0.05) is 18.2 Å². The molecule has 3 aromatic carbocycles. The number of aromatic nitrogens is 3. The molecule has 0 fully saturated rings. The first-order valence-electron chi connectivity index (χ1n) is 9.69. The fourth-order valence-corrected chi connectivity index (χ4v) is 3.21. The average molecular weight is 431 g/mol. The molecule has 4 rings (SSSR count). The van der Waals surface area contributed by atoms with Crippen molar-refractivity contribution >= 4 is 17.3 Å². The van der Waals surface area contributed by atoms with Crippen LogP contribution in [-0.2, 0) is 0 Å². The minimum absolute atomic E-state index is 0.128. The number of hydrogen-bond acceptors (Lipinski definition) is 5. The lowest BCUT2D eigenvalue weighted by atomic mass is 10.1. The first-order chi connectivity index (χ1) is 15.3. The number of nitrogens with one attached hydrogen (secondary N) is 1. The van der Waals surface area contributed by atoms with Crippen molar-refractivity contribution in [3.05, 3.63) is 99.6 Å². The van der Waals surface area contributed by atoms with Crippen molar-refractivity contribution in [2.24, 2.45) is 0 Å². The molecule has 4 aromatic rings. The van der Waals surface area contributed by atoms with Crippen LogP contribution in [0.2, 0.25) is 0 Å². The van der Waals surface area contributed by atoms with Crippen LogP contribution in [0.4, 0.5) is 15.8 Å². The normalized spacial score (nSPS) is 10.7. The van der Waals surface area contributed by atoms with Gasteiger partial charge >= 0.3 is 0 Å². The Kier molecular flexibility index (Phi) is 5.46. The number of nitro benzene ring substituents is 1. The summed E-state index contributed by atoms with van der Waals surface area (Å²) in [5.41, 5.74) is 3.39. The summed E-state index contributed by atoms with van der Waals surface area (Å²) < 4.78 is 15.0. The van der Waals surface area contributed by atoms with Crippen LogP contribution in [0.3, 0.4) is 0 Å². The van der Waals surface area contributed by atoms with E-state index in [0.717, 1.165) is 16.8 Å². The van der Waals surface area contributed by atoms with Crippen LogP contribution in [-0.4, -0.2) is 25.6 Å². The van der Waals surface area contributed by atoms with Crippen molar-refractivity contribution in [2.45, 2.75) is 13.8 Å². The van der Waals surface area contributed by atoms with Crippen LogP contribution in [0.25, 0.3) is 17.1 Å². The number of nitrogens with zero attached hydrogens (tertiary/aromatic N) is 4. The van der Waals surface area contributed by atoms with Crippen molar-refractivity contribution in [1.29, 1.82) is 0 Å². The number of hydrogen-bond donors (Lipinski definition) is 1. The van der Waals surface area contributed by atoms with Crippen LogP contribution in [0.5, 0.6) is 0 Å². The van der Waals surface area contributed by atoms with E-state index >= 15 is 0 Å². The number of benzene rings is 3. The van der Waals surface area contributed by atoms with Crippen molar-refractivity contribution in [3.8, 4) is 17.1 Å². The molecule has 32 heavy (non-hydrogen) atoms. The van der Waals surface area contributed by atoms with E-state index in [2.05, 4.69) is 15.4 Å². The molecule has 1 aromatic heterocycles. The maximum Gasteiger partial charge on any atom is 0.295 e. The Hall–Kier alpha value is -4.40. The molecule has 8 nitrogen and oxygen atoms in total. The van der Waals surface area contributed by atoms with Crippen LogP contribution in [0.15, 0.2) is 66.7 Å². The summed E-state index contributed by atoms with van der Waals surface area (Å²) in [6.45, 7) is 3.90. The molecular weight excluding hydrogens is 413 g/mol. The first kappa shape index (κ1) is 20.9. The summed E-state index contributed by atoms with van der Waals surface area (Å²) >= 11 is 0. The number of amides is 1. The summed E-state index contributed by atoms with van der Waals surface area (Å²) in [4.78, 5) is 27.7. The molecule has 0 radical (unpaired) electrons. The second kappa shape index (κ2) is 8.38. The zero-order valence-corrected chi connectivity index (χ0v) is 17.2. The molecule has 0 aliphatic heterocycles. The number of anilines is 1. The molecule has 0 spiro atoms. The van der Waals surface area contributed by atoms with Gasteiger partial charge in [0.1, 0.15) is 5.82 Å². The Bertz CT molecular complexity index is 1330. The number of non-ortho nitro benzene ring substituents is 1. The van der Waals surface area contributed by atoms with Crippen LogP contribution in [0.1, 0.15) is 21.7 Å². The van der Waals surface area contributed by atoms with Gasteiger partial charge in [-0.3, -0.25) is 14.9 Å². The highest BCUT2D eigenvalue weighted by molar-refractivity contribution is 6.02. The third-order valence-corrected chi connectivity index (χ3v) is 5.03. The van der Waals surface area contributed by atoms with Crippen LogP contribution in [0, 0.1) is 29.8 Å². The lowest BCUT2D eigenvalue weighted by Crippen LogP contribution is -2.14. The van der Waals surface area contributed by atoms with Gasteiger partial charge in [0.15, 0.2) is 5.82 Å². The van der Waals surface area contributed by atoms with E-state index in [1.165, 1.54) is 41.1 Å². The molecule has 0 bridgehead atoms. The molecule has 1 N–H and O–H groups in total. The van der Waals surface area contributed by atoms with Gasteiger partial charge in [0, 0.05) is 23.4 Å². The monoisotopic (exact) mass is 431 g/mol. The molecule has 0 aliphatic rings. The molecule has 0 saturated carbocycles. The maximum atomic E-state index is 13.5. The van der Waals surface area contributed by atoms with E-state index < -0.39 is 16.6 Å². The topological polar surface area (TPSA) is 103 Å². The third-order valence-electron chi connectivity index (χ3n) is 5.03. The largest absolute Gasteiger partial charge is 0.319 e. The fraction of sp³-hybridized carbons (Fsp3) is 0.0870. The molecule has 0 aliphatic carbocycles. The Balaban J connectivity index is 1.77. The molecular formula is C23H18FN5O3. The first-order valence-corrected chi connectivity index (χ1v) is 9.69. The Morgan fingerprint density at radius 3 is 2.50 bits per heavy atom. The molecule has 1 amide bonds. The Morgan fingerprint density at radius 2 is 1.78 bits per heavy atom. The highest BCUT2D eigenvalue weighted by Crippen LogP contribution is 2.25. The molecule has 0 unspecified atom stereocenters. The highest BCUT2D eigenvalue weighted by Gasteiger charge is 2.21. The van der Waals surface area contributed by atoms with Crippen molar-refractivity contribution in [3.63, 3.8) is 0 Å². The summed E-state index contributed by atoms with van der Waals surface area (Å²) in [6.07, 6.45) is 0. The standard InChI is InChI=1S/C23H18FN5O3/c1-14-5-3-8-20(15(14)2)28-22(16-9-11-17(24)12-10-16)26-21(27-28)23(30)25-18-6-4-7-19(13-18)29(31)32/h3-13H,1-2H3,(H,25,30). The Morgan fingerprint density at radius 1 is 1.06 bits per heavy atom. The highest BCUT2D eigenvalue weighted by atomic mass is 19.1. The van der Waals surface area contributed by atoms with Gasteiger partial charge in [-0.2, -0.15) is 0 Å². The summed E-state index contributed by atoms with van der Waals surface area (Å²) in [7, 11) is 0. The Labute approximate surface area is 182 Å². The zero-order chi connectivity index (χ0) is 22.8. The third kappa shape index (κ3) is 4.08. The summed E-state index contributed by atoms with van der Waals surface area (Å²) in [5.74, 6) is -0.785. The van der Waals surface area contributed by atoms with Gasteiger partial charge in [-0.05, 0) is 61.4 Å². The smallest absolute Gasteiger partial charge is 0.295 e. The molecule has 0 saturated heterocycles. The number of halogens is 1.